The number of nitrogens with zero attached hydrogens (tertiary/aromatic N) is 6. The van der Waals surface area contributed by atoms with Gasteiger partial charge < -0.3 is 20.9 Å². The van der Waals surface area contributed by atoms with Crippen LogP contribution in [0.4, 0.5) is 17.5 Å². The molecule has 0 radical (unpaired) electrons. The number of H-pyrrole nitrogens is 1. The first kappa shape index (κ1) is 21.6. The van der Waals surface area contributed by atoms with Gasteiger partial charge in [-0.25, -0.2) is 0 Å². The maximum Gasteiger partial charge on any atom is 0.246 e. The molecule has 12 nitrogen and oxygen atoms in total. The summed E-state index contributed by atoms with van der Waals surface area (Å²) < 4.78 is 1.50. The van der Waals surface area contributed by atoms with Crippen molar-refractivity contribution < 1.29 is 9.59 Å². The van der Waals surface area contributed by atoms with Crippen LogP contribution >= 0.6 is 11.6 Å². The van der Waals surface area contributed by atoms with Crippen LogP contribution in [0.15, 0.2) is 25.0 Å². The number of aromatic nitrogens is 6. The van der Waals surface area contributed by atoms with Gasteiger partial charge in [-0.15, -0.1) is 0 Å². The molecule has 0 unspecified atom stereocenters. The van der Waals surface area contributed by atoms with Gasteiger partial charge in [0.2, 0.25) is 17.8 Å². The molecule has 4 heterocycles. The normalized spacial score (nSPS) is 16.1. The Morgan fingerprint density at radius 2 is 2.25 bits per heavy atom. The van der Waals surface area contributed by atoms with E-state index < -0.39 is 0 Å². The van der Waals surface area contributed by atoms with Crippen molar-refractivity contribution >= 4 is 51.9 Å². The fourth-order valence-corrected chi connectivity index (χ4v) is 3.76. The molecule has 4 N–H and O–H groups in total. The standard InChI is InChI=1S/C19H23ClN10O2/c1-3-14(32)29-6-4-5-11(8-29)23-17-15-16(20)27-28-18(15)26-19(25-17)24-12-7-22-30(9-12)10-13(31)21-2/h3,7,9,11H,1,4-6,8,10H2,2H3,(H,21,31)(H3,23,24,25,26,27,28)/t11-/m1/s1. The summed E-state index contributed by atoms with van der Waals surface area (Å²) in [6.07, 6.45) is 6.31. The molecule has 1 saturated heterocycles. The van der Waals surface area contributed by atoms with Crippen LogP contribution in [0, 0.1) is 0 Å². The van der Waals surface area contributed by atoms with Crippen molar-refractivity contribution in [2.45, 2.75) is 25.4 Å². The minimum absolute atomic E-state index is 0.0140. The number of rotatable bonds is 7. The Balaban J connectivity index is 1.56. The third-order valence-electron chi connectivity index (χ3n) is 5.10. The average molecular weight is 459 g/mol. The molecule has 1 aliphatic heterocycles. The van der Waals surface area contributed by atoms with Crippen LogP contribution in [0.1, 0.15) is 12.8 Å². The number of amides is 2. The average Bonchev–Trinajstić information content (AvgIpc) is 3.39. The van der Waals surface area contributed by atoms with Crippen LogP contribution in [0.5, 0.6) is 0 Å². The summed E-state index contributed by atoms with van der Waals surface area (Å²) in [7, 11) is 1.57. The molecule has 4 rings (SSSR count). The van der Waals surface area contributed by atoms with E-state index in [1.165, 1.54) is 10.8 Å². The number of carbonyl (C=O) groups excluding carboxylic acids is 2. The predicted molar refractivity (Wildman–Crippen MR) is 120 cm³/mol. The maximum absolute atomic E-state index is 12.0. The van der Waals surface area contributed by atoms with E-state index in [1.807, 2.05) is 0 Å². The molecule has 1 aliphatic rings. The van der Waals surface area contributed by atoms with Gasteiger partial charge in [0.1, 0.15) is 17.7 Å². The van der Waals surface area contributed by atoms with Crippen LogP contribution in [-0.4, -0.2) is 72.8 Å². The van der Waals surface area contributed by atoms with E-state index in [9.17, 15) is 9.59 Å². The highest BCUT2D eigenvalue weighted by Crippen LogP contribution is 2.29. The number of piperidine rings is 1. The molecule has 2 amide bonds. The fourth-order valence-electron chi connectivity index (χ4n) is 3.54. The van der Waals surface area contributed by atoms with Crippen LogP contribution < -0.4 is 16.0 Å². The number of nitrogens with one attached hydrogen (secondary N) is 4. The van der Waals surface area contributed by atoms with Crippen LogP contribution in [0.2, 0.25) is 5.15 Å². The number of fused-ring (bicyclic) bond motifs is 1. The van der Waals surface area contributed by atoms with Crippen molar-refractivity contribution in [3.8, 4) is 0 Å². The predicted octanol–water partition coefficient (Wildman–Crippen LogP) is 1.28. The quantitative estimate of drug-likeness (QED) is 0.387. The minimum atomic E-state index is -0.160. The number of likely N-dealkylation sites (tertiary alicyclic amines) is 1. The molecule has 168 valence electrons. The van der Waals surface area contributed by atoms with Crippen molar-refractivity contribution in [3.05, 3.63) is 30.2 Å². The van der Waals surface area contributed by atoms with Gasteiger partial charge in [0.25, 0.3) is 0 Å². The molecule has 1 atom stereocenters. The third kappa shape index (κ3) is 4.64. The third-order valence-corrected chi connectivity index (χ3v) is 5.37. The zero-order valence-electron chi connectivity index (χ0n) is 17.4. The lowest BCUT2D eigenvalue weighted by Crippen LogP contribution is -2.44. The summed E-state index contributed by atoms with van der Waals surface area (Å²) >= 11 is 6.26. The van der Waals surface area contributed by atoms with E-state index in [1.54, 1.807) is 24.3 Å². The Morgan fingerprint density at radius 1 is 1.41 bits per heavy atom. The Bertz CT molecular complexity index is 1160. The van der Waals surface area contributed by atoms with Crippen molar-refractivity contribution in [2.75, 3.05) is 30.8 Å². The van der Waals surface area contributed by atoms with Gasteiger partial charge in [-0.3, -0.25) is 19.4 Å². The van der Waals surface area contributed by atoms with E-state index in [4.69, 9.17) is 11.6 Å². The Kier molecular flexibility index (Phi) is 6.21. The number of hydrogen-bond acceptors (Lipinski definition) is 8. The molecule has 0 aliphatic carbocycles. The summed E-state index contributed by atoms with van der Waals surface area (Å²) in [6, 6.07) is -0.0140. The number of carbonyl (C=O) groups is 2. The van der Waals surface area contributed by atoms with Gasteiger partial charge in [0.15, 0.2) is 10.8 Å². The van der Waals surface area contributed by atoms with Crippen molar-refractivity contribution in [1.82, 2.24) is 40.2 Å². The summed E-state index contributed by atoms with van der Waals surface area (Å²) in [5.41, 5.74) is 1.08. The van der Waals surface area contributed by atoms with Crippen LogP contribution in [-0.2, 0) is 16.1 Å². The highest BCUT2D eigenvalue weighted by Gasteiger charge is 2.24. The van der Waals surface area contributed by atoms with E-state index >= 15 is 0 Å². The van der Waals surface area contributed by atoms with E-state index in [0.29, 0.717) is 41.6 Å². The largest absolute Gasteiger partial charge is 0.365 e. The Hall–Kier alpha value is -3.67. The number of anilines is 3. The molecular formula is C19H23ClN10O2. The highest BCUT2D eigenvalue weighted by molar-refractivity contribution is 6.35. The van der Waals surface area contributed by atoms with Gasteiger partial charge >= 0.3 is 0 Å². The zero-order chi connectivity index (χ0) is 22.7. The van der Waals surface area contributed by atoms with Crippen molar-refractivity contribution in [2.24, 2.45) is 0 Å². The molecule has 0 aromatic carbocycles. The van der Waals surface area contributed by atoms with E-state index in [2.05, 4.69) is 47.8 Å². The summed E-state index contributed by atoms with van der Waals surface area (Å²) in [4.78, 5) is 34.3. The first-order valence-corrected chi connectivity index (χ1v) is 10.4. The van der Waals surface area contributed by atoms with Gasteiger partial charge in [-0.05, 0) is 18.9 Å². The topological polar surface area (TPSA) is 146 Å². The molecule has 1 fully saturated rings. The first-order chi connectivity index (χ1) is 15.5. The second-order valence-electron chi connectivity index (χ2n) is 7.33. The second kappa shape index (κ2) is 9.22. The fraction of sp³-hybridized carbons (Fsp3) is 0.368. The number of aromatic amines is 1. The SMILES string of the molecule is C=CC(=O)N1CCC[C@@H](Nc2nc(Nc3cnn(CC(=O)NC)c3)nc3[nH]nc(Cl)c23)C1. The van der Waals surface area contributed by atoms with Gasteiger partial charge in [-0.2, -0.15) is 20.2 Å². The summed E-state index contributed by atoms with van der Waals surface area (Å²) in [6.45, 7) is 4.89. The molecule has 32 heavy (non-hydrogen) atoms. The molecule has 3 aromatic heterocycles. The van der Waals surface area contributed by atoms with Crippen molar-refractivity contribution in [3.63, 3.8) is 0 Å². The molecule has 3 aromatic rings. The van der Waals surface area contributed by atoms with E-state index in [-0.39, 0.29) is 29.6 Å². The second-order valence-corrected chi connectivity index (χ2v) is 7.69. The molecule has 13 heteroatoms. The number of halogens is 1. The Morgan fingerprint density at radius 3 is 3.03 bits per heavy atom. The molecule has 0 saturated carbocycles. The van der Waals surface area contributed by atoms with Gasteiger partial charge in [-0.1, -0.05) is 18.2 Å². The highest BCUT2D eigenvalue weighted by atomic mass is 35.5. The van der Waals surface area contributed by atoms with Crippen LogP contribution in [0.25, 0.3) is 11.0 Å². The first-order valence-electron chi connectivity index (χ1n) is 10.1. The summed E-state index contributed by atoms with van der Waals surface area (Å²) in [5, 5.41) is 20.8. The monoisotopic (exact) mass is 458 g/mol. The number of hydrogen-bond donors (Lipinski definition) is 4. The molecule has 0 bridgehead atoms. The zero-order valence-corrected chi connectivity index (χ0v) is 18.2. The lowest BCUT2D eigenvalue weighted by molar-refractivity contribution is -0.127. The lowest BCUT2D eigenvalue weighted by atomic mass is 10.1. The smallest absolute Gasteiger partial charge is 0.246 e. The minimum Gasteiger partial charge on any atom is -0.365 e. The molecular weight excluding hydrogens is 436 g/mol. The summed E-state index contributed by atoms with van der Waals surface area (Å²) in [5.74, 6) is 0.552. The number of likely N-dealkylation sites (N-methyl/N-ethyl adjacent to an activating group) is 1. The molecule has 0 spiro atoms. The maximum atomic E-state index is 12.0. The van der Waals surface area contributed by atoms with Crippen molar-refractivity contribution in [1.29, 1.82) is 0 Å². The lowest BCUT2D eigenvalue weighted by Gasteiger charge is -2.32. The Labute approximate surface area is 188 Å². The van der Waals surface area contributed by atoms with Gasteiger partial charge in [0, 0.05) is 32.4 Å². The van der Waals surface area contributed by atoms with E-state index in [0.717, 1.165) is 12.8 Å². The van der Waals surface area contributed by atoms with Crippen LogP contribution in [0.3, 0.4) is 0 Å². The van der Waals surface area contributed by atoms with Gasteiger partial charge in [0.05, 0.1) is 11.9 Å².